The lowest BCUT2D eigenvalue weighted by Gasteiger charge is -2.18. The highest BCUT2D eigenvalue weighted by Crippen LogP contribution is 2.33. The molecule has 4 aromatic rings. The number of rotatable bonds is 4. The number of amides is 1. The van der Waals surface area contributed by atoms with E-state index in [9.17, 15) is 19.5 Å². The van der Waals surface area contributed by atoms with Crippen molar-refractivity contribution in [3.63, 3.8) is 0 Å². The molecule has 8 heteroatoms. The third kappa shape index (κ3) is 4.26. The van der Waals surface area contributed by atoms with Crippen LogP contribution < -0.4 is 16.3 Å². The van der Waals surface area contributed by atoms with E-state index >= 15 is 0 Å². The van der Waals surface area contributed by atoms with Crippen LogP contribution in [-0.4, -0.2) is 25.9 Å². The van der Waals surface area contributed by atoms with Gasteiger partial charge < -0.3 is 5.11 Å². The number of para-hydroxylation sites is 3. The van der Waals surface area contributed by atoms with Crippen molar-refractivity contribution in [2.75, 3.05) is 5.01 Å². The fraction of sp³-hybridized carbons (Fsp3) is 0.133. The molecule has 0 fully saturated rings. The number of hydrogen-bond donors (Lipinski definition) is 1. The number of hydrazone groups is 1. The van der Waals surface area contributed by atoms with E-state index in [4.69, 9.17) is 0 Å². The normalized spacial score (nSPS) is 14.7. The Labute approximate surface area is 219 Å². The molecule has 0 spiro atoms. The van der Waals surface area contributed by atoms with Gasteiger partial charge >= 0.3 is 5.69 Å². The lowest BCUT2D eigenvalue weighted by atomic mass is 9.85. The third-order valence-electron chi connectivity index (χ3n) is 6.18. The van der Waals surface area contributed by atoms with Gasteiger partial charge in [0.25, 0.3) is 11.5 Å². The summed E-state index contributed by atoms with van der Waals surface area (Å²) in [6.45, 7) is 5.73. The van der Waals surface area contributed by atoms with Crippen molar-refractivity contribution in [1.82, 2.24) is 9.13 Å². The molecule has 0 aliphatic carbocycles. The van der Waals surface area contributed by atoms with Crippen molar-refractivity contribution >= 4 is 23.4 Å². The quantitative estimate of drug-likeness (QED) is 0.412. The maximum Gasteiger partial charge on any atom is 0.343 e. The third-order valence-corrected chi connectivity index (χ3v) is 6.18. The summed E-state index contributed by atoms with van der Waals surface area (Å²) in [5, 5.41) is 17.2. The Morgan fingerprint density at radius 3 is 1.68 bits per heavy atom. The first-order chi connectivity index (χ1) is 18.2. The van der Waals surface area contributed by atoms with Crippen LogP contribution in [0.5, 0.6) is 5.88 Å². The molecule has 0 bridgehead atoms. The summed E-state index contributed by atoms with van der Waals surface area (Å²) in [4.78, 5) is 41.0. The number of benzene rings is 3. The zero-order chi connectivity index (χ0) is 27.0. The Bertz CT molecular complexity index is 1700. The lowest BCUT2D eigenvalue weighted by Crippen LogP contribution is -2.39. The van der Waals surface area contributed by atoms with Gasteiger partial charge in [-0.1, -0.05) is 75.4 Å². The van der Waals surface area contributed by atoms with Crippen molar-refractivity contribution < 1.29 is 9.90 Å². The molecular formula is C30H26N4O4. The van der Waals surface area contributed by atoms with Crippen LogP contribution in [0.4, 0.5) is 5.69 Å². The van der Waals surface area contributed by atoms with Crippen molar-refractivity contribution in [2.45, 2.75) is 20.8 Å². The fourth-order valence-corrected chi connectivity index (χ4v) is 4.34. The number of hydrogen-bond acceptors (Lipinski definition) is 5. The van der Waals surface area contributed by atoms with Gasteiger partial charge in [0, 0.05) is 5.41 Å². The molecule has 0 saturated heterocycles. The summed E-state index contributed by atoms with van der Waals surface area (Å²) in [6, 6.07) is 26.0. The molecule has 38 heavy (non-hydrogen) atoms. The summed E-state index contributed by atoms with van der Waals surface area (Å²) in [6.07, 6.45) is 1.34. The number of carbonyl (C=O) groups is 1. The second-order valence-electron chi connectivity index (χ2n) is 9.88. The Hall–Kier alpha value is -4.98. The van der Waals surface area contributed by atoms with E-state index in [0.717, 1.165) is 9.13 Å². The Balaban J connectivity index is 1.80. The molecule has 1 aromatic heterocycles. The minimum atomic E-state index is -0.752. The van der Waals surface area contributed by atoms with E-state index in [1.807, 2.05) is 26.8 Å². The molecule has 1 aliphatic heterocycles. The van der Waals surface area contributed by atoms with Crippen molar-refractivity contribution in [1.29, 1.82) is 0 Å². The number of aromatic hydroxyl groups is 1. The van der Waals surface area contributed by atoms with Crippen molar-refractivity contribution in [3.8, 4) is 17.3 Å². The second kappa shape index (κ2) is 9.48. The first kappa shape index (κ1) is 24.7. The number of anilines is 1. The molecule has 5 rings (SSSR count). The van der Waals surface area contributed by atoms with Gasteiger partial charge in [-0.25, -0.2) is 13.9 Å². The molecule has 1 N–H and O–H groups in total. The van der Waals surface area contributed by atoms with E-state index in [1.54, 1.807) is 84.9 Å². The first-order valence-electron chi connectivity index (χ1n) is 12.1. The number of nitrogens with zero attached hydrogens (tertiary/aromatic N) is 4. The average molecular weight is 507 g/mol. The Morgan fingerprint density at radius 1 is 0.711 bits per heavy atom. The summed E-state index contributed by atoms with van der Waals surface area (Å²) in [5.74, 6) is -1.01. The molecule has 8 nitrogen and oxygen atoms in total. The summed E-state index contributed by atoms with van der Waals surface area (Å²) < 4.78 is 2.05. The zero-order valence-corrected chi connectivity index (χ0v) is 21.2. The van der Waals surface area contributed by atoms with Crippen molar-refractivity contribution in [2.24, 2.45) is 10.5 Å². The van der Waals surface area contributed by atoms with Gasteiger partial charge in [-0.2, -0.15) is 10.1 Å². The van der Waals surface area contributed by atoms with E-state index < -0.39 is 28.5 Å². The predicted octanol–water partition coefficient (Wildman–Crippen LogP) is 4.53. The highest BCUT2D eigenvalue weighted by atomic mass is 16.3. The van der Waals surface area contributed by atoms with E-state index in [2.05, 4.69) is 5.10 Å². The highest BCUT2D eigenvalue weighted by Gasteiger charge is 2.38. The van der Waals surface area contributed by atoms with Crippen LogP contribution in [-0.2, 0) is 4.79 Å². The summed E-state index contributed by atoms with van der Waals surface area (Å²) in [5.41, 5.74) is -0.366. The molecule has 0 atom stereocenters. The zero-order valence-electron chi connectivity index (χ0n) is 21.2. The smallest absolute Gasteiger partial charge is 0.343 e. The minimum Gasteiger partial charge on any atom is -0.494 e. The van der Waals surface area contributed by atoms with Crippen LogP contribution in [0.3, 0.4) is 0 Å². The molecule has 0 radical (unpaired) electrons. The molecule has 1 amide bonds. The van der Waals surface area contributed by atoms with Crippen LogP contribution >= 0.6 is 0 Å². The largest absolute Gasteiger partial charge is 0.494 e. The molecule has 2 heterocycles. The molecule has 3 aromatic carbocycles. The first-order valence-corrected chi connectivity index (χ1v) is 12.1. The molecule has 0 unspecified atom stereocenters. The van der Waals surface area contributed by atoms with Crippen LogP contribution in [0.1, 0.15) is 26.3 Å². The van der Waals surface area contributed by atoms with Crippen LogP contribution in [0.25, 0.3) is 17.5 Å². The standard InChI is InChI=1S/C30H26N4O4/c1-30(2,3)25-23(28(37)34(31-25)22-17-11-6-12-18-22)19-24-26(35)32(20-13-7-4-8-14-20)29(38)33(27(24)36)21-15-9-5-10-16-21/h4-19,35H,1-3H3/b23-19-. The van der Waals surface area contributed by atoms with E-state index in [0.29, 0.717) is 22.8 Å². The Kier molecular flexibility index (Phi) is 6.16. The van der Waals surface area contributed by atoms with Gasteiger partial charge in [0.15, 0.2) is 0 Å². The highest BCUT2D eigenvalue weighted by molar-refractivity contribution is 6.34. The van der Waals surface area contributed by atoms with Crippen LogP contribution in [0.2, 0.25) is 0 Å². The minimum absolute atomic E-state index is 0.159. The second-order valence-corrected chi connectivity index (χ2v) is 9.88. The number of carbonyl (C=O) groups excluding carboxylic acids is 1. The van der Waals surface area contributed by atoms with Gasteiger partial charge in [0.2, 0.25) is 5.88 Å². The predicted molar refractivity (Wildman–Crippen MR) is 148 cm³/mol. The van der Waals surface area contributed by atoms with E-state index in [-0.39, 0.29) is 11.1 Å². The molecule has 1 aliphatic rings. The van der Waals surface area contributed by atoms with Gasteiger partial charge in [-0.05, 0) is 42.5 Å². The lowest BCUT2D eigenvalue weighted by molar-refractivity contribution is -0.114. The van der Waals surface area contributed by atoms with Crippen LogP contribution in [0.15, 0.2) is 111 Å². The van der Waals surface area contributed by atoms with E-state index in [1.165, 1.54) is 11.1 Å². The van der Waals surface area contributed by atoms with Gasteiger partial charge in [0.05, 0.1) is 28.3 Å². The summed E-state index contributed by atoms with van der Waals surface area (Å²) >= 11 is 0. The Morgan fingerprint density at radius 2 is 1.18 bits per heavy atom. The maximum atomic E-state index is 13.8. The monoisotopic (exact) mass is 506 g/mol. The SMILES string of the molecule is CC(C)(C)C1=NN(c2ccccc2)C(=O)/C1=C\c1c(O)n(-c2ccccc2)c(=O)n(-c2ccccc2)c1=O. The average Bonchev–Trinajstić information content (AvgIpc) is 3.25. The van der Waals surface area contributed by atoms with Gasteiger partial charge in [-0.15, -0.1) is 0 Å². The number of aromatic nitrogens is 2. The molecule has 0 saturated carbocycles. The maximum absolute atomic E-state index is 13.8. The van der Waals surface area contributed by atoms with Crippen LogP contribution in [0, 0.1) is 5.41 Å². The topological polar surface area (TPSA) is 96.9 Å². The fourth-order valence-electron chi connectivity index (χ4n) is 4.34. The van der Waals surface area contributed by atoms with Gasteiger partial charge in [0.1, 0.15) is 5.56 Å². The molecule has 190 valence electrons. The molecular weight excluding hydrogens is 480 g/mol. The van der Waals surface area contributed by atoms with Crippen molar-refractivity contribution in [3.05, 3.63) is 123 Å². The van der Waals surface area contributed by atoms with Gasteiger partial charge in [-0.3, -0.25) is 9.59 Å². The summed E-state index contributed by atoms with van der Waals surface area (Å²) in [7, 11) is 0.